The molecular formula is C9H12N6OS. The molecule has 0 spiro atoms. The fourth-order valence-corrected chi connectivity index (χ4v) is 2.10. The van der Waals surface area contributed by atoms with E-state index < -0.39 is 5.91 Å². The maximum atomic E-state index is 11.2. The van der Waals surface area contributed by atoms with Gasteiger partial charge in [0.15, 0.2) is 5.82 Å². The smallest absolute Gasteiger partial charge is 0.255 e. The van der Waals surface area contributed by atoms with Crippen LogP contribution in [0.3, 0.4) is 0 Å². The Labute approximate surface area is 101 Å². The minimum Gasteiger partial charge on any atom is -0.382 e. The van der Waals surface area contributed by atoms with Gasteiger partial charge in [-0.3, -0.25) is 9.89 Å². The normalized spacial score (nSPS) is 10.4. The van der Waals surface area contributed by atoms with Crippen molar-refractivity contribution in [2.45, 2.75) is 13.5 Å². The predicted molar refractivity (Wildman–Crippen MR) is 65.7 cm³/mol. The summed E-state index contributed by atoms with van der Waals surface area (Å²) in [5.74, 6) is -0.420. The van der Waals surface area contributed by atoms with E-state index in [1.54, 1.807) is 6.20 Å². The lowest BCUT2D eigenvalue weighted by molar-refractivity contribution is 0.100. The van der Waals surface area contributed by atoms with E-state index in [2.05, 4.69) is 19.9 Å². The summed E-state index contributed by atoms with van der Waals surface area (Å²) in [6.07, 6.45) is 1.72. The van der Waals surface area contributed by atoms with Crippen molar-refractivity contribution < 1.29 is 4.79 Å². The molecule has 1 amide bonds. The Morgan fingerprint density at radius 1 is 1.65 bits per heavy atom. The highest BCUT2D eigenvalue weighted by Crippen LogP contribution is 2.26. The van der Waals surface area contributed by atoms with E-state index in [0.717, 1.165) is 22.8 Å². The van der Waals surface area contributed by atoms with Crippen LogP contribution in [0.2, 0.25) is 0 Å². The van der Waals surface area contributed by atoms with Crippen LogP contribution in [0.5, 0.6) is 0 Å². The Hall–Kier alpha value is -2.09. The van der Waals surface area contributed by atoms with Crippen LogP contribution in [0.15, 0.2) is 6.20 Å². The highest BCUT2D eigenvalue weighted by Gasteiger charge is 2.16. The molecule has 0 bridgehead atoms. The summed E-state index contributed by atoms with van der Waals surface area (Å²) in [5.41, 5.74) is 13.0. The SMILES string of the molecule is Cc1[nH]ncc1CNc1snc(N)c1C(N)=O. The molecule has 2 heterocycles. The monoisotopic (exact) mass is 252 g/mol. The number of aryl methyl sites for hydroxylation is 1. The molecule has 6 N–H and O–H groups in total. The van der Waals surface area contributed by atoms with Gasteiger partial charge in [-0.25, -0.2) is 0 Å². The standard InChI is InChI=1S/C9H12N6OS/c1-4-5(3-13-14-4)2-12-9-6(8(11)16)7(10)15-17-9/h3,12H,2H2,1H3,(H2,10,15)(H2,11,16)(H,13,14). The topological polar surface area (TPSA) is 123 Å². The van der Waals surface area contributed by atoms with Crippen molar-refractivity contribution in [2.24, 2.45) is 5.73 Å². The van der Waals surface area contributed by atoms with Gasteiger partial charge in [-0.15, -0.1) is 0 Å². The number of nitrogen functional groups attached to an aromatic ring is 1. The number of nitrogens with two attached hydrogens (primary N) is 2. The molecule has 2 rings (SSSR count). The third kappa shape index (κ3) is 2.21. The fraction of sp³-hybridized carbons (Fsp3) is 0.222. The summed E-state index contributed by atoms with van der Waals surface area (Å²) in [7, 11) is 0. The summed E-state index contributed by atoms with van der Waals surface area (Å²) >= 11 is 1.11. The maximum absolute atomic E-state index is 11.2. The fourth-order valence-electron chi connectivity index (χ4n) is 1.39. The highest BCUT2D eigenvalue weighted by molar-refractivity contribution is 7.11. The van der Waals surface area contributed by atoms with Gasteiger partial charge in [-0.1, -0.05) is 0 Å². The minimum absolute atomic E-state index is 0.161. The number of carbonyl (C=O) groups excluding carboxylic acids is 1. The average Bonchev–Trinajstić information content (AvgIpc) is 2.82. The number of H-pyrrole nitrogens is 1. The number of amides is 1. The number of carbonyl (C=O) groups is 1. The number of anilines is 2. The quantitative estimate of drug-likeness (QED) is 0.629. The third-order valence-electron chi connectivity index (χ3n) is 2.34. The van der Waals surface area contributed by atoms with Crippen molar-refractivity contribution >= 4 is 28.3 Å². The van der Waals surface area contributed by atoms with E-state index in [4.69, 9.17) is 11.5 Å². The number of hydrogen-bond acceptors (Lipinski definition) is 6. The number of primary amides is 1. The molecule has 0 aliphatic rings. The van der Waals surface area contributed by atoms with E-state index in [-0.39, 0.29) is 11.4 Å². The first kappa shape index (κ1) is 11.4. The lowest BCUT2D eigenvalue weighted by atomic mass is 10.2. The van der Waals surface area contributed by atoms with E-state index in [1.165, 1.54) is 0 Å². The summed E-state index contributed by atoms with van der Waals surface area (Å²) in [5, 5.41) is 10.4. The van der Waals surface area contributed by atoms with E-state index in [1.807, 2.05) is 6.92 Å². The van der Waals surface area contributed by atoms with Crippen LogP contribution in [-0.4, -0.2) is 20.5 Å². The molecule has 0 saturated heterocycles. The Kier molecular flexibility index (Phi) is 2.96. The number of aromatic nitrogens is 3. The molecule has 0 fully saturated rings. The zero-order valence-electron chi connectivity index (χ0n) is 9.15. The van der Waals surface area contributed by atoms with Gasteiger partial charge in [0, 0.05) is 17.8 Å². The lowest BCUT2D eigenvalue weighted by Gasteiger charge is -2.03. The number of nitrogens with one attached hydrogen (secondary N) is 2. The zero-order valence-corrected chi connectivity index (χ0v) is 9.97. The van der Waals surface area contributed by atoms with Gasteiger partial charge in [0.1, 0.15) is 10.6 Å². The van der Waals surface area contributed by atoms with Gasteiger partial charge in [-0.2, -0.15) is 9.47 Å². The summed E-state index contributed by atoms with van der Waals surface area (Å²) in [4.78, 5) is 11.2. The molecule has 2 aromatic rings. The third-order valence-corrected chi connectivity index (χ3v) is 3.16. The van der Waals surface area contributed by atoms with Gasteiger partial charge in [-0.05, 0) is 18.5 Å². The number of aromatic amines is 1. The summed E-state index contributed by atoms with van der Waals surface area (Å²) < 4.78 is 3.89. The van der Waals surface area contributed by atoms with Crippen LogP contribution >= 0.6 is 11.5 Å². The van der Waals surface area contributed by atoms with E-state index in [0.29, 0.717) is 11.5 Å². The van der Waals surface area contributed by atoms with Crippen molar-refractivity contribution in [2.75, 3.05) is 11.1 Å². The van der Waals surface area contributed by atoms with Crippen LogP contribution < -0.4 is 16.8 Å². The molecule has 17 heavy (non-hydrogen) atoms. The van der Waals surface area contributed by atoms with Gasteiger partial charge >= 0.3 is 0 Å². The van der Waals surface area contributed by atoms with Gasteiger partial charge in [0.25, 0.3) is 5.91 Å². The van der Waals surface area contributed by atoms with Crippen LogP contribution in [0.25, 0.3) is 0 Å². The summed E-state index contributed by atoms with van der Waals surface area (Å²) in [6.45, 7) is 2.45. The largest absolute Gasteiger partial charge is 0.382 e. The second kappa shape index (κ2) is 4.42. The molecular weight excluding hydrogens is 240 g/mol. The van der Waals surface area contributed by atoms with Crippen molar-refractivity contribution in [3.8, 4) is 0 Å². The number of hydrogen-bond donors (Lipinski definition) is 4. The first-order valence-corrected chi connectivity index (χ1v) is 5.64. The van der Waals surface area contributed by atoms with E-state index in [9.17, 15) is 4.79 Å². The predicted octanol–water partition coefficient (Wildman–Crippen LogP) is 0.468. The maximum Gasteiger partial charge on any atom is 0.255 e. The molecule has 0 radical (unpaired) electrons. The first-order valence-electron chi connectivity index (χ1n) is 4.87. The van der Waals surface area contributed by atoms with Crippen molar-refractivity contribution in [1.29, 1.82) is 0 Å². The average molecular weight is 252 g/mol. The molecule has 0 aliphatic carbocycles. The number of rotatable bonds is 4. The van der Waals surface area contributed by atoms with Crippen LogP contribution in [0.1, 0.15) is 21.6 Å². The minimum atomic E-state index is -0.581. The molecule has 0 atom stereocenters. The Balaban J connectivity index is 2.15. The highest BCUT2D eigenvalue weighted by atomic mass is 32.1. The van der Waals surface area contributed by atoms with Crippen LogP contribution in [-0.2, 0) is 6.54 Å². The molecule has 8 heteroatoms. The second-order valence-corrected chi connectivity index (χ2v) is 4.28. The Bertz CT molecular complexity index is 545. The first-order chi connectivity index (χ1) is 8.09. The lowest BCUT2D eigenvalue weighted by Crippen LogP contribution is -2.14. The van der Waals surface area contributed by atoms with Crippen LogP contribution in [0.4, 0.5) is 10.8 Å². The molecule has 0 saturated carbocycles. The van der Waals surface area contributed by atoms with Crippen molar-refractivity contribution in [3.63, 3.8) is 0 Å². The van der Waals surface area contributed by atoms with E-state index >= 15 is 0 Å². The molecule has 7 nitrogen and oxygen atoms in total. The molecule has 2 aromatic heterocycles. The van der Waals surface area contributed by atoms with Crippen molar-refractivity contribution in [3.05, 3.63) is 23.0 Å². The summed E-state index contributed by atoms with van der Waals surface area (Å²) in [6, 6.07) is 0. The molecule has 0 aliphatic heterocycles. The molecule has 0 aromatic carbocycles. The van der Waals surface area contributed by atoms with Gasteiger partial charge in [0.2, 0.25) is 0 Å². The molecule has 0 unspecified atom stereocenters. The van der Waals surface area contributed by atoms with Crippen LogP contribution in [0, 0.1) is 6.92 Å². The second-order valence-electron chi connectivity index (χ2n) is 3.51. The van der Waals surface area contributed by atoms with Gasteiger partial charge in [0.05, 0.1) is 6.20 Å². The zero-order chi connectivity index (χ0) is 12.4. The Morgan fingerprint density at radius 3 is 3.00 bits per heavy atom. The van der Waals surface area contributed by atoms with Crippen molar-refractivity contribution in [1.82, 2.24) is 14.6 Å². The van der Waals surface area contributed by atoms with Gasteiger partial charge < -0.3 is 16.8 Å². The Morgan fingerprint density at radius 2 is 2.41 bits per heavy atom. The molecule has 90 valence electrons. The number of nitrogens with zero attached hydrogens (tertiary/aromatic N) is 2.